The Bertz CT molecular complexity index is 652. The number of amides is 1. The SMILES string of the molecule is NC(=O)C1(C(O)(Cn2cncn2)c2ccc(Cl)cc2)CC1. The molecule has 1 atom stereocenters. The fraction of sp³-hybridized carbons (Fsp3) is 0.357. The van der Waals surface area contributed by atoms with Gasteiger partial charge in [0.25, 0.3) is 0 Å². The van der Waals surface area contributed by atoms with Crippen LogP contribution >= 0.6 is 11.6 Å². The first-order valence-corrected chi connectivity index (χ1v) is 6.96. The molecule has 1 aliphatic rings. The molecule has 0 radical (unpaired) electrons. The lowest BCUT2D eigenvalue weighted by Gasteiger charge is -2.35. The Morgan fingerprint density at radius 1 is 1.43 bits per heavy atom. The molecule has 1 amide bonds. The summed E-state index contributed by atoms with van der Waals surface area (Å²) in [5.41, 5.74) is 3.74. The highest BCUT2D eigenvalue weighted by Crippen LogP contribution is 2.58. The molecule has 6 nitrogen and oxygen atoms in total. The third-order valence-electron chi connectivity index (χ3n) is 4.19. The maximum Gasteiger partial charge on any atom is 0.226 e. The second-order valence-electron chi connectivity index (χ2n) is 5.41. The van der Waals surface area contributed by atoms with Crippen LogP contribution < -0.4 is 5.73 Å². The third kappa shape index (κ3) is 2.20. The molecule has 1 unspecified atom stereocenters. The van der Waals surface area contributed by atoms with Gasteiger partial charge in [-0.1, -0.05) is 23.7 Å². The van der Waals surface area contributed by atoms with E-state index in [2.05, 4.69) is 10.1 Å². The van der Waals surface area contributed by atoms with E-state index in [4.69, 9.17) is 17.3 Å². The van der Waals surface area contributed by atoms with Gasteiger partial charge in [-0.15, -0.1) is 0 Å². The minimum absolute atomic E-state index is 0.109. The van der Waals surface area contributed by atoms with E-state index < -0.39 is 16.9 Å². The smallest absolute Gasteiger partial charge is 0.226 e. The van der Waals surface area contributed by atoms with Crippen LogP contribution in [-0.4, -0.2) is 25.8 Å². The molecule has 0 bridgehead atoms. The number of nitrogens with zero attached hydrogens (tertiary/aromatic N) is 3. The van der Waals surface area contributed by atoms with Crippen LogP contribution in [-0.2, 0) is 16.9 Å². The van der Waals surface area contributed by atoms with Crippen molar-refractivity contribution in [1.82, 2.24) is 14.8 Å². The van der Waals surface area contributed by atoms with Crippen LogP contribution in [0.3, 0.4) is 0 Å². The Morgan fingerprint density at radius 3 is 2.57 bits per heavy atom. The molecular formula is C14H15ClN4O2. The molecule has 0 saturated heterocycles. The van der Waals surface area contributed by atoms with Crippen molar-refractivity contribution in [3.05, 3.63) is 47.5 Å². The number of hydrogen-bond donors (Lipinski definition) is 2. The normalized spacial score (nSPS) is 19.0. The molecule has 110 valence electrons. The number of rotatable bonds is 5. The van der Waals surface area contributed by atoms with Crippen molar-refractivity contribution in [3.63, 3.8) is 0 Å². The lowest BCUT2D eigenvalue weighted by Crippen LogP contribution is -2.47. The largest absolute Gasteiger partial charge is 0.382 e. The summed E-state index contributed by atoms with van der Waals surface area (Å²) < 4.78 is 1.50. The van der Waals surface area contributed by atoms with Crippen molar-refractivity contribution >= 4 is 17.5 Å². The standard InChI is InChI=1S/C14H15ClN4O2/c15-11-3-1-10(2-4-11)14(21,7-19-9-17-8-18-19)13(5-6-13)12(16)20/h1-4,8-9,21H,5-7H2,(H2,16,20). The number of hydrogen-bond acceptors (Lipinski definition) is 4. The van der Waals surface area contributed by atoms with Crippen molar-refractivity contribution in [2.24, 2.45) is 11.1 Å². The Kier molecular flexibility index (Phi) is 3.22. The van der Waals surface area contributed by atoms with E-state index >= 15 is 0 Å². The number of aromatic nitrogens is 3. The molecule has 3 rings (SSSR count). The van der Waals surface area contributed by atoms with Crippen LogP contribution in [0.4, 0.5) is 0 Å². The molecule has 1 heterocycles. The van der Waals surface area contributed by atoms with E-state index in [1.165, 1.54) is 17.3 Å². The number of nitrogens with two attached hydrogens (primary N) is 1. The predicted octanol–water partition coefficient (Wildman–Crippen LogP) is 1.08. The molecule has 0 aliphatic heterocycles. The number of aliphatic hydroxyl groups is 1. The molecule has 3 N–H and O–H groups in total. The van der Waals surface area contributed by atoms with E-state index in [-0.39, 0.29) is 6.54 Å². The molecule has 1 aromatic carbocycles. The van der Waals surface area contributed by atoms with Crippen LogP contribution in [0.1, 0.15) is 18.4 Å². The minimum Gasteiger partial charge on any atom is -0.382 e. The molecule has 1 saturated carbocycles. The summed E-state index contributed by atoms with van der Waals surface area (Å²) in [7, 11) is 0. The fourth-order valence-corrected chi connectivity index (χ4v) is 2.91. The molecule has 0 spiro atoms. The molecule has 21 heavy (non-hydrogen) atoms. The van der Waals surface area contributed by atoms with Crippen LogP contribution in [0.5, 0.6) is 0 Å². The molecule has 1 fully saturated rings. The molecule has 1 aromatic heterocycles. The van der Waals surface area contributed by atoms with Gasteiger partial charge in [0.05, 0.1) is 12.0 Å². The van der Waals surface area contributed by atoms with Gasteiger partial charge in [-0.2, -0.15) is 5.10 Å². The monoisotopic (exact) mass is 306 g/mol. The van der Waals surface area contributed by atoms with E-state index in [0.29, 0.717) is 23.4 Å². The highest BCUT2D eigenvalue weighted by molar-refractivity contribution is 6.30. The van der Waals surface area contributed by atoms with E-state index in [1.807, 2.05) is 0 Å². The average Bonchev–Trinajstić information content (AvgIpc) is 3.14. The van der Waals surface area contributed by atoms with Gasteiger partial charge in [0.1, 0.15) is 18.3 Å². The quantitative estimate of drug-likeness (QED) is 0.864. The zero-order valence-electron chi connectivity index (χ0n) is 11.2. The van der Waals surface area contributed by atoms with Crippen LogP contribution in [0.15, 0.2) is 36.9 Å². The summed E-state index contributed by atoms with van der Waals surface area (Å²) in [5.74, 6) is -0.500. The number of halogens is 1. The first kappa shape index (κ1) is 14.0. The van der Waals surface area contributed by atoms with Crippen molar-refractivity contribution in [2.45, 2.75) is 25.0 Å². The molecular weight excluding hydrogens is 292 g/mol. The topological polar surface area (TPSA) is 94.0 Å². The first-order chi connectivity index (χ1) is 9.98. The average molecular weight is 307 g/mol. The predicted molar refractivity (Wildman–Crippen MR) is 76.2 cm³/mol. The third-order valence-corrected chi connectivity index (χ3v) is 4.44. The van der Waals surface area contributed by atoms with Crippen LogP contribution in [0, 0.1) is 5.41 Å². The summed E-state index contributed by atoms with van der Waals surface area (Å²) in [4.78, 5) is 15.8. The van der Waals surface area contributed by atoms with Gasteiger partial charge in [-0.05, 0) is 30.5 Å². The van der Waals surface area contributed by atoms with Gasteiger partial charge in [0.15, 0.2) is 0 Å². The summed E-state index contributed by atoms with van der Waals surface area (Å²) >= 11 is 5.90. The lowest BCUT2D eigenvalue weighted by molar-refractivity contribution is -0.138. The Morgan fingerprint density at radius 2 is 2.10 bits per heavy atom. The van der Waals surface area contributed by atoms with E-state index in [9.17, 15) is 9.90 Å². The highest BCUT2D eigenvalue weighted by Gasteiger charge is 2.64. The van der Waals surface area contributed by atoms with Gasteiger partial charge in [-0.3, -0.25) is 4.79 Å². The van der Waals surface area contributed by atoms with E-state index in [0.717, 1.165) is 0 Å². The van der Waals surface area contributed by atoms with Gasteiger partial charge >= 0.3 is 0 Å². The molecule has 2 aromatic rings. The second-order valence-corrected chi connectivity index (χ2v) is 5.84. The zero-order valence-corrected chi connectivity index (χ0v) is 12.0. The van der Waals surface area contributed by atoms with Crippen molar-refractivity contribution in [1.29, 1.82) is 0 Å². The van der Waals surface area contributed by atoms with Gasteiger partial charge in [-0.25, -0.2) is 9.67 Å². The first-order valence-electron chi connectivity index (χ1n) is 6.59. The van der Waals surface area contributed by atoms with Crippen molar-refractivity contribution in [3.8, 4) is 0 Å². The summed E-state index contributed by atoms with van der Waals surface area (Å²) in [6.45, 7) is 0.109. The maximum absolute atomic E-state index is 11.9. The number of benzene rings is 1. The van der Waals surface area contributed by atoms with Crippen molar-refractivity contribution < 1.29 is 9.90 Å². The van der Waals surface area contributed by atoms with E-state index in [1.54, 1.807) is 24.3 Å². The zero-order chi connectivity index (χ0) is 15.1. The highest BCUT2D eigenvalue weighted by atomic mass is 35.5. The number of primary amides is 1. The molecule has 1 aliphatic carbocycles. The van der Waals surface area contributed by atoms with Gasteiger partial charge in [0.2, 0.25) is 5.91 Å². The summed E-state index contributed by atoms with van der Waals surface area (Å²) in [5, 5.41) is 15.8. The Balaban J connectivity index is 2.06. The fourth-order valence-electron chi connectivity index (χ4n) is 2.78. The van der Waals surface area contributed by atoms with Gasteiger partial charge < -0.3 is 10.8 Å². The lowest BCUT2D eigenvalue weighted by atomic mass is 9.77. The molecule has 7 heteroatoms. The Labute approximate surface area is 126 Å². The second kappa shape index (κ2) is 4.82. The van der Waals surface area contributed by atoms with Crippen molar-refractivity contribution in [2.75, 3.05) is 0 Å². The minimum atomic E-state index is -1.43. The number of carbonyl (C=O) groups excluding carboxylic acids is 1. The van der Waals surface area contributed by atoms with Crippen LogP contribution in [0.25, 0.3) is 0 Å². The maximum atomic E-state index is 11.9. The van der Waals surface area contributed by atoms with Gasteiger partial charge in [0, 0.05) is 5.02 Å². The van der Waals surface area contributed by atoms with Crippen LogP contribution in [0.2, 0.25) is 5.02 Å². The summed E-state index contributed by atoms with van der Waals surface area (Å²) in [6.07, 6.45) is 3.98. The summed E-state index contributed by atoms with van der Waals surface area (Å²) in [6, 6.07) is 6.78. The number of carbonyl (C=O) groups is 1. The Hall–Kier alpha value is -1.92.